The van der Waals surface area contributed by atoms with Gasteiger partial charge in [0.05, 0.1) is 12.6 Å². The van der Waals surface area contributed by atoms with Gasteiger partial charge >= 0.3 is 6.09 Å². The minimum Gasteiger partial charge on any atom is -0.446 e. The number of hydrogen-bond donors (Lipinski definition) is 0. The summed E-state index contributed by atoms with van der Waals surface area (Å²) in [6.07, 6.45) is -0.387. The second-order valence-corrected chi connectivity index (χ2v) is 2.54. The van der Waals surface area contributed by atoms with Crippen molar-refractivity contribution in [2.24, 2.45) is 0 Å². The fraction of sp³-hybridized carbons (Fsp3) is 0.857. The molecule has 0 aromatic rings. The maximum Gasteiger partial charge on any atom is 0.468 e. The summed E-state index contributed by atoms with van der Waals surface area (Å²) in [5.74, 6) is 0. The summed E-state index contributed by atoms with van der Waals surface area (Å²) in [5.41, 5.74) is 0. The number of rotatable bonds is 4. The summed E-state index contributed by atoms with van der Waals surface area (Å²) in [4.78, 5) is 21.5. The van der Waals surface area contributed by atoms with Crippen molar-refractivity contribution in [2.45, 2.75) is 33.2 Å². The zero-order valence-corrected chi connectivity index (χ0v) is 8.02. The smallest absolute Gasteiger partial charge is 0.446 e. The molecule has 0 aliphatic rings. The van der Waals surface area contributed by atoms with Gasteiger partial charge in [-0.3, -0.25) is 0 Å². The molecule has 0 bridgehead atoms. The van der Waals surface area contributed by atoms with Gasteiger partial charge in [0.15, 0.2) is 5.03 Å². The first-order valence-electron chi connectivity index (χ1n) is 4.14. The van der Waals surface area contributed by atoms with E-state index in [1.165, 1.54) is 0 Å². The highest BCUT2D eigenvalue weighted by molar-refractivity contribution is 5.66. The lowest BCUT2D eigenvalue weighted by Gasteiger charge is -2.16. The lowest BCUT2D eigenvalue weighted by molar-refractivity contribution is -0.643. The van der Waals surface area contributed by atoms with Crippen molar-refractivity contribution in [1.29, 1.82) is 0 Å². The molecule has 0 aromatic heterocycles. The maximum atomic E-state index is 11.0. The highest BCUT2D eigenvalue weighted by atomic mass is 16.7. The third-order valence-corrected chi connectivity index (χ3v) is 1.64. The van der Waals surface area contributed by atoms with E-state index in [2.05, 4.69) is 4.74 Å². The average molecular weight is 190 g/mol. The Kier molecular flexibility index (Phi) is 4.79. The topological polar surface area (TPSA) is 72.7 Å². The van der Waals surface area contributed by atoms with E-state index >= 15 is 0 Å². The van der Waals surface area contributed by atoms with Gasteiger partial charge in [-0.05, 0) is 25.3 Å². The van der Waals surface area contributed by atoms with Gasteiger partial charge in [0.1, 0.15) is 0 Å². The maximum absolute atomic E-state index is 11.0. The van der Waals surface area contributed by atoms with Crippen molar-refractivity contribution in [3.05, 3.63) is 10.1 Å². The molecule has 6 heteroatoms. The molecule has 1 atom stereocenters. The highest BCUT2D eigenvalue weighted by Gasteiger charge is 2.30. The van der Waals surface area contributed by atoms with Crippen LogP contribution in [0, 0.1) is 10.1 Å². The third kappa shape index (κ3) is 3.27. The monoisotopic (exact) mass is 190 g/mol. The molecular formula is C7H14N2O4. The number of amides is 1. The zero-order chi connectivity index (χ0) is 10.4. The molecular weight excluding hydrogens is 176 g/mol. The molecule has 0 aliphatic carbocycles. The first-order valence-corrected chi connectivity index (χ1v) is 4.14. The molecule has 0 unspecified atom stereocenters. The van der Waals surface area contributed by atoms with Crippen LogP contribution in [0.1, 0.15) is 27.2 Å². The molecule has 13 heavy (non-hydrogen) atoms. The molecule has 0 saturated heterocycles. The van der Waals surface area contributed by atoms with E-state index in [0.29, 0.717) is 11.4 Å². The third-order valence-electron chi connectivity index (χ3n) is 1.64. The largest absolute Gasteiger partial charge is 0.468 e. The molecule has 0 spiro atoms. The van der Waals surface area contributed by atoms with Gasteiger partial charge in [0.25, 0.3) is 0 Å². The van der Waals surface area contributed by atoms with Crippen molar-refractivity contribution < 1.29 is 14.6 Å². The standard InChI is InChI=1S/C7H14N2O4/c1-4-6(3)8(9(11)12)7(10)13-5-2/h6H,4-5H2,1-3H3/t6-/m1/s1. The summed E-state index contributed by atoms with van der Waals surface area (Å²) < 4.78 is 4.53. The molecule has 0 rings (SSSR count). The Balaban J connectivity index is 4.41. The first-order chi connectivity index (χ1) is 6.04. The molecule has 76 valence electrons. The molecule has 6 nitrogen and oxygen atoms in total. The predicted octanol–water partition coefficient (Wildman–Crippen LogP) is 1.44. The lowest BCUT2D eigenvalue weighted by atomic mass is 10.2. The van der Waals surface area contributed by atoms with E-state index in [9.17, 15) is 14.9 Å². The number of hydrazine groups is 1. The fourth-order valence-electron chi connectivity index (χ4n) is 0.770. The second kappa shape index (κ2) is 5.34. The molecule has 0 aromatic carbocycles. The van der Waals surface area contributed by atoms with Crippen LogP contribution in [0.15, 0.2) is 0 Å². The quantitative estimate of drug-likeness (QED) is 0.496. The van der Waals surface area contributed by atoms with Crippen LogP contribution in [0.3, 0.4) is 0 Å². The Morgan fingerprint density at radius 2 is 2.15 bits per heavy atom. The minimum absolute atomic E-state index is 0.138. The number of carbonyl (C=O) groups excluding carboxylic acids is 1. The summed E-state index contributed by atoms with van der Waals surface area (Å²) >= 11 is 0. The van der Waals surface area contributed by atoms with E-state index in [1.54, 1.807) is 20.8 Å². The van der Waals surface area contributed by atoms with Crippen molar-refractivity contribution in [3.8, 4) is 0 Å². The van der Waals surface area contributed by atoms with E-state index in [1.807, 2.05) is 0 Å². The van der Waals surface area contributed by atoms with Crippen LogP contribution in [0.25, 0.3) is 0 Å². The van der Waals surface area contributed by atoms with Crippen molar-refractivity contribution in [2.75, 3.05) is 6.61 Å². The summed E-state index contributed by atoms with van der Waals surface area (Å²) in [6, 6.07) is -0.450. The van der Waals surface area contributed by atoms with Gasteiger partial charge < -0.3 is 4.74 Å². The van der Waals surface area contributed by atoms with Crippen molar-refractivity contribution >= 4 is 6.09 Å². The fourth-order valence-corrected chi connectivity index (χ4v) is 0.770. The van der Waals surface area contributed by atoms with Crippen LogP contribution in [-0.2, 0) is 4.74 Å². The zero-order valence-electron chi connectivity index (χ0n) is 8.02. The van der Waals surface area contributed by atoms with Gasteiger partial charge in [0.2, 0.25) is 0 Å². The van der Waals surface area contributed by atoms with Gasteiger partial charge in [0, 0.05) is 0 Å². The van der Waals surface area contributed by atoms with E-state index in [0.717, 1.165) is 0 Å². The number of nitrogens with zero attached hydrogens (tertiary/aromatic N) is 2. The van der Waals surface area contributed by atoms with E-state index < -0.39 is 17.2 Å². The van der Waals surface area contributed by atoms with Crippen LogP contribution in [0.4, 0.5) is 4.79 Å². The molecule has 0 fully saturated rings. The van der Waals surface area contributed by atoms with Crippen LogP contribution < -0.4 is 0 Å². The summed E-state index contributed by atoms with van der Waals surface area (Å²) in [7, 11) is 0. The Hall–Kier alpha value is -1.33. The van der Waals surface area contributed by atoms with Crippen LogP contribution in [0.2, 0.25) is 0 Å². The Morgan fingerprint density at radius 3 is 2.46 bits per heavy atom. The Morgan fingerprint density at radius 1 is 1.62 bits per heavy atom. The van der Waals surface area contributed by atoms with E-state index in [-0.39, 0.29) is 6.61 Å². The first kappa shape index (κ1) is 11.7. The predicted molar refractivity (Wildman–Crippen MR) is 45.6 cm³/mol. The van der Waals surface area contributed by atoms with Gasteiger partial charge in [-0.2, -0.15) is 0 Å². The molecule has 0 radical (unpaired) electrons. The minimum atomic E-state index is -0.901. The number of nitro groups is 1. The van der Waals surface area contributed by atoms with Gasteiger partial charge in [-0.25, -0.2) is 14.9 Å². The van der Waals surface area contributed by atoms with Crippen molar-refractivity contribution in [1.82, 2.24) is 5.01 Å². The SMILES string of the molecule is CCOC(=O)N([C@H](C)CC)[N+](=O)[O-]. The lowest BCUT2D eigenvalue weighted by Crippen LogP contribution is -2.42. The Labute approximate surface area is 76.6 Å². The normalized spacial score (nSPS) is 11.9. The second-order valence-electron chi connectivity index (χ2n) is 2.54. The number of ether oxygens (including phenoxy) is 1. The molecule has 0 aliphatic heterocycles. The molecule has 0 saturated carbocycles. The van der Waals surface area contributed by atoms with Crippen molar-refractivity contribution in [3.63, 3.8) is 0 Å². The molecule has 0 N–H and O–H groups in total. The molecule has 0 heterocycles. The van der Waals surface area contributed by atoms with Crippen LogP contribution in [-0.4, -0.2) is 28.8 Å². The Bertz CT molecular complexity index is 195. The van der Waals surface area contributed by atoms with Gasteiger partial charge in [-0.15, -0.1) is 0 Å². The van der Waals surface area contributed by atoms with Gasteiger partial charge in [-0.1, -0.05) is 6.92 Å². The number of hydrogen-bond acceptors (Lipinski definition) is 4. The number of carbonyl (C=O) groups is 1. The summed E-state index contributed by atoms with van der Waals surface area (Å²) in [6.45, 7) is 5.10. The summed E-state index contributed by atoms with van der Waals surface area (Å²) in [5, 5.41) is 10.2. The van der Waals surface area contributed by atoms with Crippen LogP contribution >= 0.6 is 0 Å². The highest BCUT2D eigenvalue weighted by Crippen LogP contribution is 2.05. The van der Waals surface area contributed by atoms with E-state index in [4.69, 9.17) is 0 Å². The van der Waals surface area contributed by atoms with Crippen LogP contribution in [0.5, 0.6) is 0 Å². The average Bonchev–Trinajstić information content (AvgIpc) is 2.04. The molecule has 1 amide bonds.